The van der Waals surface area contributed by atoms with E-state index in [1.54, 1.807) is 0 Å². The van der Waals surface area contributed by atoms with E-state index in [4.69, 9.17) is 5.11 Å². The van der Waals surface area contributed by atoms with Crippen LogP contribution in [0.1, 0.15) is 26.2 Å². The van der Waals surface area contributed by atoms with Crippen LogP contribution in [0.5, 0.6) is 0 Å². The van der Waals surface area contributed by atoms with Gasteiger partial charge in [0, 0.05) is 39.3 Å². The van der Waals surface area contributed by atoms with Crippen molar-refractivity contribution in [3.05, 3.63) is 0 Å². The molecule has 0 radical (unpaired) electrons. The van der Waals surface area contributed by atoms with Gasteiger partial charge in [0.05, 0.1) is 18.9 Å². The summed E-state index contributed by atoms with van der Waals surface area (Å²) in [5.74, 6) is -0.926. The van der Waals surface area contributed by atoms with Gasteiger partial charge in [0.2, 0.25) is 11.8 Å². The maximum absolute atomic E-state index is 12.3. The van der Waals surface area contributed by atoms with Gasteiger partial charge in [-0.15, -0.1) is 0 Å². The van der Waals surface area contributed by atoms with Crippen molar-refractivity contribution < 1.29 is 19.5 Å². The van der Waals surface area contributed by atoms with E-state index in [0.717, 1.165) is 19.5 Å². The van der Waals surface area contributed by atoms with Crippen LogP contribution in [0.15, 0.2) is 0 Å². The summed E-state index contributed by atoms with van der Waals surface area (Å²) in [6, 6.07) is -0.314. The molecule has 21 heavy (non-hydrogen) atoms. The van der Waals surface area contributed by atoms with E-state index in [2.05, 4.69) is 9.80 Å². The van der Waals surface area contributed by atoms with Crippen LogP contribution in [0.2, 0.25) is 0 Å². The molecule has 0 saturated carbocycles. The Hall–Kier alpha value is -1.47. The number of amides is 2. The lowest BCUT2D eigenvalue weighted by Crippen LogP contribution is -2.52. The highest BCUT2D eigenvalue weighted by Crippen LogP contribution is 2.20. The average Bonchev–Trinajstić information content (AvgIpc) is 2.74. The molecule has 2 rings (SSSR count). The second kappa shape index (κ2) is 7.00. The van der Waals surface area contributed by atoms with Crippen LogP contribution < -0.4 is 0 Å². The number of carbonyl (C=O) groups is 3. The minimum Gasteiger partial charge on any atom is -0.481 e. The molecule has 0 aromatic carbocycles. The molecular formula is C14H23N3O4. The van der Waals surface area contributed by atoms with Crippen LogP contribution in [-0.4, -0.2) is 82.9 Å². The number of imide groups is 1. The van der Waals surface area contributed by atoms with Crippen LogP contribution >= 0.6 is 0 Å². The molecule has 2 saturated heterocycles. The number of carbonyl (C=O) groups excluding carboxylic acids is 2. The first-order chi connectivity index (χ1) is 10.0. The van der Waals surface area contributed by atoms with Gasteiger partial charge in [-0.05, 0) is 6.42 Å². The zero-order valence-electron chi connectivity index (χ0n) is 12.5. The van der Waals surface area contributed by atoms with E-state index in [9.17, 15) is 14.4 Å². The van der Waals surface area contributed by atoms with Crippen LogP contribution in [0.3, 0.4) is 0 Å². The fourth-order valence-corrected chi connectivity index (χ4v) is 2.96. The molecule has 0 aromatic rings. The first-order valence-electron chi connectivity index (χ1n) is 7.55. The molecule has 0 aliphatic carbocycles. The largest absolute Gasteiger partial charge is 0.481 e. The zero-order valence-corrected chi connectivity index (χ0v) is 12.5. The molecule has 2 fully saturated rings. The molecule has 2 heterocycles. The first-order valence-corrected chi connectivity index (χ1v) is 7.55. The van der Waals surface area contributed by atoms with Crippen LogP contribution in [0.25, 0.3) is 0 Å². The maximum Gasteiger partial charge on any atom is 0.304 e. The molecule has 0 bridgehead atoms. The van der Waals surface area contributed by atoms with Crippen molar-refractivity contribution in [1.29, 1.82) is 0 Å². The lowest BCUT2D eigenvalue weighted by atomic mass is 10.1. The van der Waals surface area contributed by atoms with Crippen molar-refractivity contribution >= 4 is 17.8 Å². The Morgan fingerprint density at radius 3 is 2.43 bits per heavy atom. The number of piperazine rings is 1. The van der Waals surface area contributed by atoms with E-state index in [1.165, 1.54) is 4.90 Å². The van der Waals surface area contributed by atoms with Gasteiger partial charge in [0.25, 0.3) is 0 Å². The van der Waals surface area contributed by atoms with Gasteiger partial charge in [-0.1, -0.05) is 6.92 Å². The zero-order chi connectivity index (χ0) is 15.4. The SMILES string of the molecule is CCCN1C(=O)CC(N2CCN(CCC(=O)O)CC2)C1=O. The van der Waals surface area contributed by atoms with Crippen molar-refractivity contribution in [3.63, 3.8) is 0 Å². The van der Waals surface area contributed by atoms with Crippen LogP contribution in [-0.2, 0) is 14.4 Å². The molecule has 1 unspecified atom stereocenters. The van der Waals surface area contributed by atoms with E-state index >= 15 is 0 Å². The second-order valence-electron chi connectivity index (χ2n) is 5.62. The number of carboxylic acid groups (broad SMARTS) is 1. The summed E-state index contributed by atoms with van der Waals surface area (Å²) in [7, 11) is 0. The van der Waals surface area contributed by atoms with Gasteiger partial charge in [0.1, 0.15) is 0 Å². The predicted molar refractivity (Wildman–Crippen MR) is 75.7 cm³/mol. The summed E-state index contributed by atoms with van der Waals surface area (Å²) in [6.07, 6.45) is 1.21. The van der Waals surface area contributed by atoms with Crippen LogP contribution in [0.4, 0.5) is 0 Å². The summed E-state index contributed by atoms with van der Waals surface area (Å²) < 4.78 is 0. The Morgan fingerprint density at radius 2 is 1.86 bits per heavy atom. The van der Waals surface area contributed by atoms with E-state index in [-0.39, 0.29) is 30.7 Å². The molecule has 2 aliphatic rings. The molecule has 0 aromatic heterocycles. The third kappa shape index (κ3) is 3.79. The third-order valence-corrected chi connectivity index (χ3v) is 4.16. The monoisotopic (exact) mass is 297 g/mol. The molecular weight excluding hydrogens is 274 g/mol. The van der Waals surface area contributed by atoms with Gasteiger partial charge in [0.15, 0.2) is 0 Å². The first kappa shape index (κ1) is 15.9. The van der Waals surface area contributed by atoms with Gasteiger partial charge in [-0.3, -0.25) is 24.2 Å². The highest BCUT2D eigenvalue weighted by molar-refractivity contribution is 6.05. The van der Waals surface area contributed by atoms with Gasteiger partial charge in [-0.2, -0.15) is 0 Å². The fraction of sp³-hybridized carbons (Fsp3) is 0.786. The van der Waals surface area contributed by atoms with Gasteiger partial charge >= 0.3 is 5.97 Å². The van der Waals surface area contributed by atoms with Crippen molar-refractivity contribution in [3.8, 4) is 0 Å². The standard InChI is InChI=1S/C14H23N3O4/c1-2-4-17-12(18)10-11(14(17)21)16-8-6-15(7-9-16)5-3-13(19)20/h11H,2-10H2,1H3,(H,19,20). The Labute approximate surface area is 124 Å². The van der Waals surface area contributed by atoms with E-state index in [0.29, 0.717) is 26.2 Å². The number of rotatable bonds is 6. The Balaban J connectivity index is 1.84. The minimum atomic E-state index is -0.788. The molecule has 7 heteroatoms. The van der Waals surface area contributed by atoms with Crippen molar-refractivity contribution in [2.45, 2.75) is 32.2 Å². The number of aliphatic carboxylic acids is 1. The molecule has 1 atom stereocenters. The predicted octanol–water partition coefficient (Wildman–Crippen LogP) is -0.384. The highest BCUT2D eigenvalue weighted by atomic mass is 16.4. The van der Waals surface area contributed by atoms with Crippen molar-refractivity contribution in [2.75, 3.05) is 39.3 Å². The highest BCUT2D eigenvalue weighted by Gasteiger charge is 2.41. The lowest BCUT2D eigenvalue weighted by Gasteiger charge is -2.36. The fourth-order valence-electron chi connectivity index (χ4n) is 2.96. The number of likely N-dealkylation sites (tertiary alicyclic amines) is 1. The molecule has 0 spiro atoms. The lowest BCUT2D eigenvalue weighted by molar-refractivity contribution is -0.140. The summed E-state index contributed by atoms with van der Waals surface area (Å²) in [5, 5.41) is 8.69. The average molecular weight is 297 g/mol. The normalized spacial score (nSPS) is 24.8. The number of carboxylic acids is 1. The Kier molecular flexibility index (Phi) is 5.30. The molecule has 2 aliphatic heterocycles. The van der Waals surface area contributed by atoms with E-state index in [1.807, 2.05) is 6.92 Å². The number of hydrogen-bond donors (Lipinski definition) is 1. The van der Waals surface area contributed by atoms with Crippen molar-refractivity contribution in [2.24, 2.45) is 0 Å². The molecule has 118 valence electrons. The third-order valence-electron chi connectivity index (χ3n) is 4.16. The van der Waals surface area contributed by atoms with Gasteiger partial charge < -0.3 is 10.0 Å². The minimum absolute atomic E-state index is 0.0687. The quantitative estimate of drug-likeness (QED) is 0.673. The maximum atomic E-state index is 12.3. The second-order valence-corrected chi connectivity index (χ2v) is 5.62. The number of nitrogens with zero attached hydrogens (tertiary/aromatic N) is 3. The Bertz CT molecular complexity index is 418. The summed E-state index contributed by atoms with van der Waals surface area (Å²) in [6.45, 7) is 5.93. The topological polar surface area (TPSA) is 81.2 Å². The Morgan fingerprint density at radius 1 is 1.19 bits per heavy atom. The number of hydrogen-bond acceptors (Lipinski definition) is 5. The molecule has 2 amide bonds. The molecule has 1 N–H and O–H groups in total. The van der Waals surface area contributed by atoms with Gasteiger partial charge in [-0.25, -0.2) is 0 Å². The summed E-state index contributed by atoms with van der Waals surface area (Å²) >= 11 is 0. The van der Waals surface area contributed by atoms with E-state index < -0.39 is 5.97 Å². The van der Waals surface area contributed by atoms with Crippen LogP contribution in [0, 0.1) is 0 Å². The summed E-state index contributed by atoms with van der Waals surface area (Å²) in [4.78, 5) is 40.2. The molecule has 7 nitrogen and oxygen atoms in total. The summed E-state index contributed by atoms with van der Waals surface area (Å²) in [5.41, 5.74) is 0. The van der Waals surface area contributed by atoms with Crippen molar-refractivity contribution in [1.82, 2.24) is 14.7 Å². The smallest absolute Gasteiger partial charge is 0.304 e.